The number of ether oxygens (including phenoxy) is 1. The molecule has 60 valence electrons. The molecule has 0 saturated carbocycles. The SMILES string of the molecule is NCC(O)Oc1ccccc1. The number of aliphatic hydroxyl groups excluding tert-OH is 1. The number of benzene rings is 1. The maximum absolute atomic E-state index is 8.96. The number of rotatable bonds is 3. The Morgan fingerprint density at radius 1 is 1.36 bits per heavy atom. The molecule has 0 heterocycles. The molecule has 0 saturated heterocycles. The van der Waals surface area contributed by atoms with Gasteiger partial charge in [-0.05, 0) is 12.1 Å². The van der Waals surface area contributed by atoms with E-state index in [0.717, 1.165) is 0 Å². The van der Waals surface area contributed by atoms with Gasteiger partial charge in [-0.2, -0.15) is 0 Å². The van der Waals surface area contributed by atoms with Gasteiger partial charge in [0, 0.05) is 0 Å². The largest absolute Gasteiger partial charge is 0.464 e. The lowest BCUT2D eigenvalue weighted by atomic mass is 10.3. The van der Waals surface area contributed by atoms with Crippen LogP contribution < -0.4 is 10.5 Å². The Hall–Kier alpha value is -1.06. The summed E-state index contributed by atoms with van der Waals surface area (Å²) in [5.74, 6) is 0.630. The van der Waals surface area contributed by atoms with E-state index in [1.807, 2.05) is 18.2 Å². The van der Waals surface area contributed by atoms with Gasteiger partial charge >= 0.3 is 0 Å². The molecule has 1 aromatic rings. The highest BCUT2D eigenvalue weighted by atomic mass is 16.6. The van der Waals surface area contributed by atoms with Gasteiger partial charge in [-0.3, -0.25) is 0 Å². The van der Waals surface area contributed by atoms with Crippen LogP contribution in [0.4, 0.5) is 0 Å². The Morgan fingerprint density at radius 3 is 2.55 bits per heavy atom. The molecule has 0 aliphatic rings. The second-order valence-electron chi connectivity index (χ2n) is 2.12. The van der Waals surface area contributed by atoms with Gasteiger partial charge in [0.15, 0.2) is 0 Å². The fourth-order valence-electron chi connectivity index (χ4n) is 0.704. The van der Waals surface area contributed by atoms with Crippen molar-refractivity contribution >= 4 is 0 Å². The zero-order valence-electron chi connectivity index (χ0n) is 6.10. The van der Waals surface area contributed by atoms with Crippen molar-refractivity contribution in [2.24, 2.45) is 5.73 Å². The van der Waals surface area contributed by atoms with Crippen molar-refractivity contribution in [3.8, 4) is 5.75 Å². The van der Waals surface area contributed by atoms with Gasteiger partial charge in [-0.25, -0.2) is 0 Å². The second-order valence-corrected chi connectivity index (χ2v) is 2.12. The number of nitrogens with two attached hydrogens (primary N) is 1. The summed E-state index contributed by atoms with van der Waals surface area (Å²) in [6.45, 7) is 0.106. The smallest absolute Gasteiger partial charge is 0.209 e. The quantitative estimate of drug-likeness (QED) is 0.616. The van der Waals surface area contributed by atoms with E-state index >= 15 is 0 Å². The van der Waals surface area contributed by atoms with Crippen LogP contribution in [0.5, 0.6) is 5.75 Å². The summed E-state index contributed by atoms with van der Waals surface area (Å²) >= 11 is 0. The van der Waals surface area contributed by atoms with E-state index in [0.29, 0.717) is 5.75 Å². The van der Waals surface area contributed by atoms with Crippen LogP contribution in [0, 0.1) is 0 Å². The standard InChI is InChI=1S/C8H11NO2/c9-6-8(10)11-7-4-2-1-3-5-7/h1-5,8,10H,6,9H2. The topological polar surface area (TPSA) is 55.5 Å². The zero-order valence-corrected chi connectivity index (χ0v) is 6.10. The fourth-order valence-corrected chi connectivity index (χ4v) is 0.704. The van der Waals surface area contributed by atoms with E-state index in [9.17, 15) is 0 Å². The molecule has 1 atom stereocenters. The van der Waals surface area contributed by atoms with Gasteiger partial charge in [0.1, 0.15) is 5.75 Å². The Labute approximate surface area is 65.4 Å². The lowest BCUT2D eigenvalue weighted by Gasteiger charge is -2.09. The van der Waals surface area contributed by atoms with Crippen LogP contribution in [0.1, 0.15) is 0 Å². The molecule has 0 spiro atoms. The third-order valence-corrected chi connectivity index (χ3v) is 1.22. The van der Waals surface area contributed by atoms with Gasteiger partial charge < -0.3 is 15.6 Å². The van der Waals surface area contributed by atoms with Crippen LogP contribution in [0.2, 0.25) is 0 Å². The molecule has 1 unspecified atom stereocenters. The Morgan fingerprint density at radius 2 is 2.00 bits per heavy atom. The molecule has 0 amide bonds. The molecular formula is C8H11NO2. The minimum Gasteiger partial charge on any atom is -0.464 e. The lowest BCUT2D eigenvalue weighted by Crippen LogP contribution is -2.25. The molecule has 11 heavy (non-hydrogen) atoms. The highest BCUT2D eigenvalue weighted by Gasteiger charge is 2.00. The zero-order chi connectivity index (χ0) is 8.10. The maximum atomic E-state index is 8.96. The predicted molar refractivity (Wildman–Crippen MR) is 42.1 cm³/mol. The van der Waals surface area contributed by atoms with Gasteiger partial charge in [-0.15, -0.1) is 0 Å². The van der Waals surface area contributed by atoms with Gasteiger partial charge in [0.05, 0.1) is 6.54 Å². The van der Waals surface area contributed by atoms with Crippen LogP contribution in [-0.2, 0) is 0 Å². The molecule has 3 N–H and O–H groups in total. The molecule has 1 aromatic carbocycles. The number of para-hydroxylation sites is 1. The first-order chi connectivity index (χ1) is 5.33. The monoisotopic (exact) mass is 153 g/mol. The maximum Gasteiger partial charge on any atom is 0.209 e. The number of hydrogen-bond acceptors (Lipinski definition) is 3. The summed E-state index contributed by atoms with van der Waals surface area (Å²) in [5.41, 5.74) is 5.14. The highest BCUT2D eigenvalue weighted by Crippen LogP contribution is 2.08. The van der Waals surface area contributed by atoms with Crippen molar-refractivity contribution < 1.29 is 9.84 Å². The first-order valence-corrected chi connectivity index (χ1v) is 3.43. The van der Waals surface area contributed by atoms with E-state index < -0.39 is 6.29 Å². The van der Waals surface area contributed by atoms with Crippen LogP contribution in [0.15, 0.2) is 30.3 Å². The van der Waals surface area contributed by atoms with Crippen molar-refractivity contribution in [1.82, 2.24) is 0 Å². The van der Waals surface area contributed by atoms with Crippen LogP contribution in [0.3, 0.4) is 0 Å². The molecule has 0 fully saturated rings. The fraction of sp³-hybridized carbons (Fsp3) is 0.250. The third kappa shape index (κ3) is 2.57. The molecule has 3 heteroatoms. The lowest BCUT2D eigenvalue weighted by molar-refractivity contribution is -0.00857. The first-order valence-electron chi connectivity index (χ1n) is 3.43. The Bertz CT molecular complexity index is 201. The van der Waals surface area contributed by atoms with E-state index in [1.165, 1.54) is 0 Å². The molecule has 0 radical (unpaired) electrons. The van der Waals surface area contributed by atoms with Crippen LogP contribution >= 0.6 is 0 Å². The molecule has 3 nitrogen and oxygen atoms in total. The van der Waals surface area contributed by atoms with Crippen molar-refractivity contribution in [2.45, 2.75) is 6.29 Å². The minimum absolute atomic E-state index is 0.106. The van der Waals surface area contributed by atoms with E-state index in [4.69, 9.17) is 15.6 Å². The molecule has 0 bridgehead atoms. The molecule has 1 rings (SSSR count). The summed E-state index contributed by atoms with van der Waals surface area (Å²) in [5, 5.41) is 8.96. The van der Waals surface area contributed by atoms with E-state index in [-0.39, 0.29) is 6.54 Å². The highest BCUT2D eigenvalue weighted by molar-refractivity contribution is 5.20. The minimum atomic E-state index is -0.905. The van der Waals surface area contributed by atoms with Crippen molar-refractivity contribution in [1.29, 1.82) is 0 Å². The van der Waals surface area contributed by atoms with Crippen molar-refractivity contribution in [3.05, 3.63) is 30.3 Å². The van der Waals surface area contributed by atoms with E-state index in [2.05, 4.69) is 0 Å². The molecular weight excluding hydrogens is 142 g/mol. The summed E-state index contributed by atoms with van der Waals surface area (Å²) in [7, 11) is 0. The van der Waals surface area contributed by atoms with Crippen molar-refractivity contribution in [3.63, 3.8) is 0 Å². The summed E-state index contributed by atoms with van der Waals surface area (Å²) in [6.07, 6.45) is -0.905. The van der Waals surface area contributed by atoms with Crippen molar-refractivity contribution in [2.75, 3.05) is 6.54 Å². The van der Waals surface area contributed by atoms with Crippen LogP contribution in [0.25, 0.3) is 0 Å². The summed E-state index contributed by atoms with van der Waals surface area (Å²) < 4.78 is 4.99. The summed E-state index contributed by atoms with van der Waals surface area (Å²) in [4.78, 5) is 0. The van der Waals surface area contributed by atoms with Gasteiger partial charge in [-0.1, -0.05) is 18.2 Å². The van der Waals surface area contributed by atoms with Gasteiger partial charge in [0.2, 0.25) is 6.29 Å². The average molecular weight is 153 g/mol. The van der Waals surface area contributed by atoms with E-state index in [1.54, 1.807) is 12.1 Å². The summed E-state index contributed by atoms with van der Waals surface area (Å²) in [6, 6.07) is 9.07. The molecule has 0 aliphatic heterocycles. The van der Waals surface area contributed by atoms with Crippen LogP contribution in [-0.4, -0.2) is 17.9 Å². The third-order valence-electron chi connectivity index (χ3n) is 1.22. The molecule has 0 aliphatic carbocycles. The predicted octanol–water partition coefficient (Wildman–Crippen LogP) is 0.342. The second kappa shape index (κ2) is 3.95. The number of hydrogen-bond donors (Lipinski definition) is 2. The Balaban J connectivity index is 2.51. The molecule has 0 aromatic heterocycles. The van der Waals surface area contributed by atoms with Gasteiger partial charge in [0.25, 0.3) is 0 Å². The first kappa shape index (κ1) is 8.04. The normalized spacial score (nSPS) is 12.5. The number of aliphatic hydroxyl groups is 1. The Kier molecular flexibility index (Phi) is 2.89. The average Bonchev–Trinajstić information content (AvgIpc) is 2.06.